The number of nitrogens with zero attached hydrogens (tertiary/aromatic N) is 3. The van der Waals surface area contributed by atoms with Gasteiger partial charge in [0.1, 0.15) is 0 Å². The second-order valence-corrected chi connectivity index (χ2v) is 18.5. The van der Waals surface area contributed by atoms with Crippen LogP contribution in [0.4, 0.5) is 0 Å². The molecule has 0 aliphatic heterocycles. The van der Waals surface area contributed by atoms with E-state index in [-0.39, 0.29) is 48.6 Å². The van der Waals surface area contributed by atoms with Crippen molar-refractivity contribution in [2.75, 3.05) is 0 Å². The zero-order chi connectivity index (χ0) is 41.7. The van der Waals surface area contributed by atoms with Gasteiger partial charge in [0.05, 0.1) is 13.7 Å². The van der Waals surface area contributed by atoms with Gasteiger partial charge in [0.15, 0.2) is 0 Å². The minimum absolute atomic E-state index is 0. The molecule has 1 radical (unpaired) electrons. The number of aromatic nitrogens is 3. The molecule has 48 heavy (non-hydrogen) atoms. The Kier molecular flexibility index (Phi) is 7.91. The summed E-state index contributed by atoms with van der Waals surface area (Å²) in [5.41, 5.74) is 3.63. The average molecular weight is 840 g/mol. The maximum absolute atomic E-state index is 8.90. The van der Waals surface area contributed by atoms with Crippen LogP contribution in [0.5, 0.6) is 0 Å². The van der Waals surface area contributed by atoms with Gasteiger partial charge in [-0.05, 0) is 72.6 Å². The third kappa shape index (κ3) is 8.22. The van der Waals surface area contributed by atoms with Crippen molar-refractivity contribution in [3.05, 3.63) is 108 Å². The number of aryl methyl sites for hydroxylation is 2. The molecular formula is C42H47IrN3OSi-2. The Morgan fingerprint density at radius 1 is 0.917 bits per heavy atom. The third-order valence-corrected chi connectivity index (χ3v) is 10.3. The maximum Gasteiger partial charge on any atom is 0.216 e. The zero-order valence-electron chi connectivity index (χ0n) is 38.0. The molecule has 1 aliphatic carbocycles. The van der Waals surface area contributed by atoms with Gasteiger partial charge in [-0.1, -0.05) is 93.4 Å². The first-order valence-electron chi connectivity index (χ1n) is 21.2. The predicted octanol–water partition coefficient (Wildman–Crippen LogP) is 10.5. The van der Waals surface area contributed by atoms with Crippen molar-refractivity contribution < 1.29 is 38.2 Å². The molecule has 4 aromatic heterocycles. The van der Waals surface area contributed by atoms with E-state index in [9.17, 15) is 0 Å². The fourth-order valence-corrected chi connectivity index (χ4v) is 7.40. The minimum Gasteiger partial charge on any atom is -0.486 e. The first kappa shape index (κ1) is 24.7. The van der Waals surface area contributed by atoms with Crippen LogP contribution in [0.2, 0.25) is 19.6 Å². The first-order chi connectivity index (χ1) is 26.5. The normalized spacial score (nSPS) is 17.7. The van der Waals surface area contributed by atoms with Crippen LogP contribution in [-0.4, -0.2) is 23.0 Å². The van der Waals surface area contributed by atoms with Gasteiger partial charge in [0.25, 0.3) is 0 Å². The van der Waals surface area contributed by atoms with Gasteiger partial charge in [-0.25, -0.2) is 4.98 Å². The number of furan rings is 1. The molecule has 7 rings (SSSR count). The van der Waals surface area contributed by atoms with Crippen molar-refractivity contribution >= 4 is 35.3 Å². The SMILES string of the molecule is [2H]C([2H])([2H])c1ccc2c(n1)oc1c(-c3cc(C([2H])([2H])C(C)C)c(C([2H])([2H])[2H])cn3)[c-]ccc12.[2H]C([2H])(c1cc(-c2[c-]cccc2)ncc1[Si](C)(C)C)C1CCCC1.[Ir]. The van der Waals surface area contributed by atoms with E-state index < -0.39 is 40.4 Å². The molecule has 1 aliphatic rings. The van der Waals surface area contributed by atoms with Crippen LogP contribution < -0.4 is 5.19 Å². The molecule has 6 heteroatoms. The van der Waals surface area contributed by atoms with Gasteiger partial charge in [-0.2, -0.15) is 0 Å². The second-order valence-electron chi connectivity index (χ2n) is 13.4. The fraction of sp³-hybridized carbons (Fsp3) is 0.357. The van der Waals surface area contributed by atoms with E-state index in [4.69, 9.17) is 18.1 Å². The van der Waals surface area contributed by atoms with Gasteiger partial charge in [0.2, 0.25) is 5.71 Å². The van der Waals surface area contributed by atoms with Crippen LogP contribution >= 0.6 is 0 Å². The number of fused-ring (bicyclic) bond motifs is 3. The molecule has 4 nitrogen and oxygen atoms in total. The molecule has 0 bridgehead atoms. The van der Waals surface area contributed by atoms with Crippen molar-refractivity contribution in [2.24, 2.45) is 11.8 Å². The van der Waals surface area contributed by atoms with Crippen LogP contribution in [0, 0.1) is 37.7 Å². The summed E-state index contributed by atoms with van der Waals surface area (Å²) in [7, 11) is -1.68. The molecule has 0 unspecified atom stereocenters. The van der Waals surface area contributed by atoms with E-state index in [0.29, 0.717) is 27.6 Å². The van der Waals surface area contributed by atoms with Crippen LogP contribution in [0.15, 0.2) is 77.5 Å². The number of pyridine rings is 3. The first-order valence-corrected chi connectivity index (χ1v) is 19.7. The smallest absolute Gasteiger partial charge is 0.216 e. The van der Waals surface area contributed by atoms with E-state index in [1.165, 1.54) is 18.3 Å². The van der Waals surface area contributed by atoms with E-state index in [1.807, 2.05) is 36.5 Å². The Balaban J connectivity index is 0.000000228. The molecule has 0 spiro atoms. The molecule has 0 amide bonds. The third-order valence-electron chi connectivity index (χ3n) is 8.31. The van der Waals surface area contributed by atoms with Gasteiger partial charge < -0.3 is 14.4 Å². The minimum atomic E-state index is -2.53. The Morgan fingerprint density at radius 2 is 1.71 bits per heavy atom. The summed E-state index contributed by atoms with van der Waals surface area (Å²) < 4.78 is 87.0. The van der Waals surface area contributed by atoms with Gasteiger partial charge in [-0.3, -0.25) is 0 Å². The molecule has 1 fully saturated rings. The van der Waals surface area contributed by atoms with Crippen molar-refractivity contribution in [1.29, 1.82) is 0 Å². The average Bonchev–Trinajstić information content (AvgIpc) is 3.83. The monoisotopic (exact) mass is 840 g/mol. The summed E-state index contributed by atoms with van der Waals surface area (Å²) in [6.45, 7) is 5.26. The summed E-state index contributed by atoms with van der Waals surface area (Å²) in [6, 6.07) is 24.0. The molecule has 0 N–H and O–H groups in total. The van der Waals surface area contributed by atoms with E-state index in [1.54, 1.807) is 32.0 Å². The molecule has 0 atom stereocenters. The van der Waals surface area contributed by atoms with Gasteiger partial charge in [0, 0.05) is 57.3 Å². The van der Waals surface area contributed by atoms with Crippen molar-refractivity contribution in [3.8, 4) is 22.5 Å². The molecule has 1 saturated carbocycles. The summed E-state index contributed by atoms with van der Waals surface area (Å²) >= 11 is 0. The summed E-state index contributed by atoms with van der Waals surface area (Å²) in [5, 5.41) is 2.43. The molecule has 4 heterocycles. The Bertz CT molecular complexity index is 2380. The van der Waals surface area contributed by atoms with E-state index in [2.05, 4.69) is 46.7 Å². The van der Waals surface area contributed by atoms with Crippen LogP contribution in [0.3, 0.4) is 0 Å². The standard InChI is InChI=1S/C22H21N2O.C20H26NSi.Ir/c1-13(2)10-16-11-20(23-12-14(16)3)19-7-5-6-17-18-9-8-15(4)24-22(18)25-21(17)19;1-22(2,3)20-15-21-19(17-11-5-4-6-12-17)14-18(20)13-16-9-7-8-10-16;/h5-6,8-9,11-13H,10H2,1-4H3;4-6,11,14-16H,7-10,13H2,1-3H3;/q2*-1;/i3D3,4D3,10D2;13D2;. The van der Waals surface area contributed by atoms with Gasteiger partial charge in [-0.15, -0.1) is 54.1 Å². The molecule has 6 aromatic rings. The Labute approximate surface area is 315 Å². The summed E-state index contributed by atoms with van der Waals surface area (Å²) in [6.07, 6.45) is 4.20. The van der Waals surface area contributed by atoms with E-state index in [0.717, 1.165) is 47.7 Å². The second kappa shape index (κ2) is 15.4. The molecule has 0 saturated heterocycles. The number of benzene rings is 2. The number of hydrogen-bond donors (Lipinski definition) is 0. The topological polar surface area (TPSA) is 51.8 Å². The van der Waals surface area contributed by atoms with Crippen LogP contribution in [0.25, 0.3) is 44.6 Å². The van der Waals surface area contributed by atoms with Crippen LogP contribution in [0.1, 0.15) is 75.6 Å². The number of hydrogen-bond acceptors (Lipinski definition) is 4. The van der Waals surface area contributed by atoms with Gasteiger partial charge >= 0.3 is 0 Å². The molecule has 251 valence electrons. The van der Waals surface area contributed by atoms with Crippen molar-refractivity contribution in [1.82, 2.24) is 15.0 Å². The fourth-order valence-electron chi connectivity index (χ4n) is 6.00. The van der Waals surface area contributed by atoms with E-state index >= 15 is 0 Å². The maximum atomic E-state index is 8.90. The van der Waals surface area contributed by atoms with Crippen LogP contribution in [-0.2, 0) is 32.9 Å². The van der Waals surface area contributed by atoms with Crippen molar-refractivity contribution in [3.63, 3.8) is 0 Å². The molecule has 2 aromatic carbocycles. The largest absolute Gasteiger partial charge is 0.486 e. The quantitative estimate of drug-likeness (QED) is 0.119. The summed E-state index contributed by atoms with van der Waals surface area (Å²) in [5.74, 6) is -0.357. The Morgan fingerprint density at radius 3 is 2.42 bits per heavy atom. The zero-order valence-corrected chi connectivity index (χ0v) is 31.4. The summed E-state index contributed by atoms with van der Waals surface area (Å²) in [4.78, 5) is 13.1. The number of rotatable bonds is 7. The Hall–Kier alpha value is -3.44. The van der Waals surface area contributed by atoms with Crippen molar-refractivity contribution in [2.45, 2.75) is 85.6 Å². The predicted molar refractivity (Wildman–Crippen MR) is 199 cm³/mol. The molecular weight excluding hydrogens is 783 g/mol.